The molecule has 1 aliphatic rings. The van der Waals surface area contributed by atoms with E-state index in [9.17, 15) is 4.79 Å². The molecule has 0 saturated carbocycles. The summed E-state index contributed by atoms with van der Waals surface area (Å²) < 4.78 is 5.14. The van der Waals surface area contributed by atoms with Crippen molar-refractivity contribution in [1.82, 2.24) is 19.6 Å². The van der Waals surface area contributed by atoms with E-state index < -0.39 is 0 Å². The van der Waals surface area contributed by atoms with E-state index in [4.69, 9.17) is 0 Å². The Kier molecular flexibility index (Phi) is 4.42. The fraction of sp³-hybridized carbons (Fsp3) is 0.286. The Bertz CT molecular complexity index is 614. The summed E-state index contributed by atoms with van der Waals surface area (Å²) in [5.74, 6) is -0.0328. The summed E-state index contributed by atoms with van der Waals surface area (Å²) in [5, 5.41) is 6.17. The van der Waals surface area contributed by atoms with Crippen LogP contribution < -0.4 is 15.4 Å². The molecule has 3 rings (SSSR count). The van der Waals surface area contributed by atoms with Crippen LogP contribution in [0.25, 0.3) is 0 Å². The Morgan fingerprint density at radius 1 is 1.48 bits per heavy atom. The van der Waals surface area contributed by atoms with Crippen LogP contribution in [0.5, 0.6) is 0 Å². The lowest BCUT2D eigenvalue weighted by atomic mass is 10.2. The van der Waals surface area contributed by atoms with Gasteiger partial charge in [-0.1, -0.05) is 0 Å². The van der Waals surface area contributed by atoms with Crippen molar-refractivity contribution in [2.75, 3.05) is 18.5 Å². The average molecular weight is 303 g/mol. The maximum Gasteiger partial charge on any atom is 0.251 e. The van der Waals surface area contributed by atoms with Gasteiger partial charge in [0, 0.05) is 35.9 Å². The third-order valence-electron chi connectivity index (χ3n) is 3.21. The van der Waals surface area contributed by atoms with Crippen molar-refractivity contribution in [2.24, 2.45) is 0 Å². The zero-order chi connectivity index (χ0) is 14.5. The van der Waals surface area contributed by atoms with Crippen molar-refractivity contribution in [1.29, 1.82) is 0 Å². The number of hydrogen-bond acceptors (Lipinski definition) is 5. The van der Waals surface area contributed by atoms with Gasteiger partial charge in [0.15, 0.2) is 0 Å². The molecule has 7 heteroatoms. The Morgan fingerprint density at radius 2 is 2.43 bits per heavy atom. The Balaban J connectivity index is 1.51. The van der Waals surface area contributed by atoms with Gasteiger partial charge in [0.1, 0.15) is 0 Å². The van der Waals surface area contributed by atoms with Crippen LogP contribution in [-0.2, 0) is 6.54 Å². The van der Waals surface area contributed by atoms with E-state index in [0.717, 1.165) is 30.2 Å². The van der Waals surface area contributed by atoms with Crippen molar-refractivity contribution >= 4 is 23.5 Å². The molecule has 110 valence electrons. The van der Waals surface area contributed by atoms with Crippen LogP contribution in [0, 0.1) is 0 Å². The molecule has 21 heavy (non-hydrogen) atoms. The number of nitrogens with zero attached hydrogens (tertiary/aromatic N) is 2. The second kappa shape index (κ2) is 6.64. The fourth-order valence-electron chi connectivity index (χ4n) is 2.12. The molecule has 0 spiro atoms. The number of benzene rings is 1. The predicted octanol–water partition coefficient (Wildman–Crippen LogP) is 1.68. The standard InChI is InChI=1S/C14H17N5OS/c20-14(16-4-1-6-19-7-5-15-10-19)11-2-3-12-13(8-11)21-18-9-17-12/h2-3,5,7-8,10,17-18H,1,4,6,9H2,(H,16,20). The molecule has 2 heterocycles. The Labute approximate surface area is 127 Å². The Morgan fingerprint density at radius 3 is 3.29 bits per heavy atom. The zero-order valence-corrected chi connectivity index (χ0v) is 12.3. The number of nitrogens with one attached hydrogen (secondary N) is 3. The third-order valence-corrected chi connectivity index (χ3v) is 4.06. The van der Waals surface area contributed by atoms with Crippen LogP contribution in [0.1, 0.15) is 16.8 Å². The van der Waals surface area contributed by atoms with Crippen LogP contribution in [0.15, 0.2) is 41.8 Å². The van der Waals surface area contributed by atoms with Gasteiger partial charge >= 0.3 is 0 Å². The lowest BCUT2D eigenvalue weighted by molar-refractivity contribution is 0.0952. The van der Waals surface area contributed by atoms with E-state index in [0.29, 0.717) is 12.1 Å². The quantitative estimate of drug-likeness (QED) is 0.579. The highest BCUT2D eigenvalue weighted by atomic mass is 32.2. The van der Waals surface area contributed by atoms with Gasteiger partial charge in [-0.15, -0.1) is 0 Å². The SMILES string of the molecule is O=C(NCCCn1ccnc1)c1ccc2c(c1)SNCN2. The first-order valence-corrected chi connectivity index (χ1v) is 7.66. The summed E-state index contributed by atoms with van der Waals surface area (Å²) in [7, 11) is 0. The molecule has 1 aromatic heterocycles. The number of imidazole rings is 1. The van der Waals surface area contributed by atoms with E-state index in [1.54, 1.807) is 24.5 Å². The van der Waals surface area contributed by atoms with Gasteiger partial charge in [-0.2, -0.15) is 0 Å². The summed E-state index contributed by atoms with van der Waals surface area (Å²) in [4.78, 5) is 17.1. The number of carbonyl (C=O) groups excluding carboxylic acids is 1. The molecule has 0 saturated heterocycles. The first kappa shape index (κ1) is 14.0. The van der Waals surface area contributed by atoms with E-state index in [-0.39, 0.29) is 5.91 Å². The molecule has 3 N–H and O–H groups in total. The van der Waals surface area contributed by atoms with Crippen molar-refractivity contribution in [3.05, 3.63) is 42.5 Å². The van der Waals surface area contributed by atoms with Gasteiger partial charge in [-0.3, -0.25) is 4.79 Å². The van der Waals surface area contributed by atoms with Gasteiger partial charge < -0.3 is 15.2 Å². The van der Waals surface area contributed by atoms with Gasteiger partial charge in [-0.05, 0) is 36.6 Å². The van der Waals surface area contributed by atoms with Crippen molar-refractivity contribution in [2.45, 2.75) is 17.9 Å². The molecule has 1 amide bonds. The van der Waals surface area contributed by atoms with Crippen LogP contribution in [0.4, 0.5) is 5.69 Å². The lowest BCUT2D eigenvalue weighted by Gasteiger charge is -2.18. The lowest BCUT2D eigenvalue weighted by Crippen LogP contribution is -2.26. The van der Waals surface area contributed by atoms with E-state index in [1.807, 2.05) is 29.0 Å². The normalized spacial score (nSPS) is 13.3. The van der Waals surface area contributed by atoms with Gasteiger partial charge in [0.25, 0.3) is 5.91 Å². The van der Waals surface area contributed by atoms with Gasteiger partial charge in [0.05, 0.1) is 18.7 Å². The average Bonchev–Trinajstić information content (AvgIpc) is 3.04. The molecule has 0 fully saturated rings. The number of hydrogen-bond donors (Lipinski definition) is 3. The summed E-state index contributed by atoms with van der Waals surface area (Å²) in [6.45, 7) is 2.24. The molecule has 6 nitrogen and oxygen atoms in total. The molecule has 1 aliphatic heterocycles. The molecule has 0 unspecified atom stereocenters. The number of aromatic nitrogens is 2. The van der Waals surface area contributed by atoms with Crippen molar-refractivity contribution < 1.29 is 4.79 Å². The summed E-state index contributed by atoms with van der Waals surface area (Å²) in [6.07, 6.45) is 6.33. The molecular weight excluding hydrogens is 286 g/mol. The summed E-state index contributed by atoms with van der Waals surface area (Å²) >= 11 is 1.54. The molecule has 2 aromatic rings. The second-order valence-electron chi connectivity index (χ2n) is 4.72. The number of carbonyl (C=O) groups is 1. The highest BCUT2D eigenvalue weighted by Crippen LogP contribution is 2.28. The van der Waals surface area contributed by atoms with Crippen LogP contribution >= 0.6 is 11.9 Å². The minimum Gasteiger partial charge on any atom is -0.371 e. The summed E-state index contributed by atoms with van der Waals surface area (Å²) in [5.41, 5.74) is 1.75. The number of anilines is 1. The Hall–Kier alpha value is -1.99. The number of fused-ring (bicyclic) bond motifs is 1. The molecule has 0 aliphatic carbocycles. The monoisotopic (exact) mass is 303 g/mol. The maximum absolute atomic E-state index is 12.1. The highest BCUT2D eigenvalue weighted by molar-refractivity contribution is 7.97. The molecule has 0 atom stereocenters. The number of rotatable bonds is 5. The van der Waals surface area contributed by atoms with Crippen LogP contribution in [0.3, 0.4) is 0 Å². The van der Waals surface area contributed by atoms with Crippen molar-refractivity contribution in [3.8, 4) is 0 Å². The molecular formula is C14H17N5OS. The third kappa shape index (κ3) is 3.56. The van der Waals surface area contributed by atoms with Crippen molar-refractivity contribution in [3.63, 3.8) is 0 Å². The van der Waals surface area contributed by atoms with E-state index >= 15 is 0 Å². The maximum atomic E-state index is 12.1. The molecule has 0 radical (unpaired) electrons. The second-order valence-corrected chi connectivity index (χ2v) is 5.65. The molecule has 0 bridgehead atoms. The van der Waals surface area contributed by atoms with E-state index in [2.05, 4.69) is 20.3 Å². The molecule has 1 aromatic carbocycles. The predicted molar refractivity (Wildman–Crippen MR) is 83.1 cm³/mol. The summed E-state index contributed by atoms with van der Waals surface area (Å²) in [6, 6.07) is 5.71. The van der Waals surface area contributed by atoms with E-state index in [1.165, 1.54) is 0 Å². The van der Waals surface area contributed by atoms with Gasteiger partial charge in [-0.25, -0.2) is 9.71 Å². The van der Waals surface area contributed by atoms with Gasteiger partial charge in [0.2, 0.25) is 0 Å². The smallest absolute Gasteiger partial charge is 0.251 e. The zero-order valence-electron chi connectivity index (χ0n) is 11.5. The first-order chi connectivity index (χ1) is 10.3. The number of amides is 1. The van der Waals surface area contributed by atoms with Crippen LogP contribution in [0.2, 0.25) is 0 Å². The van der Waals surface area contributed by atoms with Crippen LogP contribution in [-0.4, -0.2) is 28.7 Å². The largest absolute Gasteiger partial charge is 0.371 e. The first-order valence-electron chi connectivity index (χ1n) is 6.84. The number of aryl methyl sites for hydroxylation is 1. The minimum absolute atomic E-state index is 0.0328. The fourth-order valence-corrected chi connectivity index (χ4v) is 2.86. The topological polar surface area (TPSA) is 71.0 Å². The minimum atomic E-state index is -0.0328. The highest BCUT2D eigenvalue weighted by Gasteiger charge is 2.12.